The van der Waals surface area contributed by atoms with E-state index in [9.17, 15) is 9.59 Å². The molecule has 112 valence electrons. The number of rotatable bonds is 2. The Bertz CT molecular complexity index is 670. The van der Waals surface area contributed by atoms with Crippen molar-refractivity contribution >= 4 is 28.7 Å². The molecule has 0 bridgehead atoms. The summed E-state index contributed by atoms with van der Waals surface area (Å²) in [6.45, 7) is 7.53. The van der Waals surface area contributed by atoms with E-state index in [1.165, 1.54) is 6.26 Å². The molecule has 0 aromatic carbocycles. The lowest BCUT2D eigenvalue weighted by Gasteiger charge is -2.27. The fourth-order valence-corrected chi connectivity index (χ4v) is 1.90. The standard InChI is InChI=1S/C15H19N3O3/c1-5-16-14(20)18(13(19)15(2,3)4)11-9-21-12-10(11)7-6-8-17-12/h6-9H,5H2,1-4H3,(H,16,20). The molecular weight excluding hydrogens is 270 g/mol. The molecule has 0 spiro atoms. The fourth-order valence-electron chi connectivity index (χ4n) is 1.90. The van der Waals surface area contributed by atoms with Gasteiger partial charge < -0.3 is 9.73 Å². The Kier molecular flexibility index (Phi) is 3.97. The Hall–Kier alpha value is -2.37. The van der Waals surface area contributed by atoms with Crippen molar-refractivity contribution in [3.63, 3.8) is 0 Å². The molecule has 21 heavy (non-hydrogen) atoms. The number of hydrogen-bond acceptors (Lipinski definition) is 4. The minimum Gasteiger partial charge on any atom is -0.444 e. The van der Waals surface area contributed by atoms with Gasteiger partial charge in [0.05, 0.1) is 5.39 Å². The van der Waals surface area contributed by atoms with Gasteiger partial charge >= 0.3 is 6.03 Å². The molecule has 6 nitrogen and oxygen atoms in total. The van der Waals surface area contributed by atoms with Gasteiger partial charge in [-0.3, -0.25) is 4.79 Å². The van der Waals surface area contributed by atoms with E-state index in [0.717, 1.165) is 4.90 Å². The summed E-state index contributed by atoms with van der Waals surface area (Å²) in [5, 5.41) is 3.28. The minimum absolute atomic E-state index is 0.306. The first kappa shape index (κ1) is 15.0. The van der Waals surface area contributed by atoms with Gasteiger partial charge in [-0.15, -0.1) is 0 Å². The van der Waals surface area contributed by atoms with Crippen molar-refractivity contribution in [3.8, 4) is 0 Å². The second-order valence-electron chi connectivity index (χ2n) is 5.70. The van der Waals surface area contributed by atoms with E-state index >= 15 is 0 Å². The first-order valence-corrected chi connectivity index (χ1v) is 6.81. The van der Waals surface area contributed by atoms with Gasteiger partial charge in [0, 0.05) is 18.2 Å². The van der Waals surface area contributed by atoms with Crippen LogP contribution in [0.4, 0.5) is 10.5 Å². The summed E-state index contributed by atoms with van der Waals surface area (Å²) in [4.78, 5) is 30.1. The summed E-state index contributed by atoms with van der Waals surface area (Å²) in [5.41, 5.74) is 0.101. The second-order valence-corrected chi connectivity index (χ2v) is 5.70. The van der Waals surface area contributed by atoms with Crippen LogP contribution in [0.1, 0.15) is 27.7 Å². The highest BCUT2D eigenvalue weighted by atomic mass is 16.3. The number of urea groups is 1. The third kappa shape index (κ3) is 2.89. The Morgan fingerprint density at radius 3 is 2.71 bits per heavy atom. The van der Waals surface area contributed by atoms with E-state index in [1.807, 2.05) is 0 Å². The molecule has 0 atom stereocenters. The largest absolute Gasteiger partial charge is 0.444 e. The third-order valence-corrected chi connectivity index (χ3v) is 2.95. The van der Waals surface area contributed by atoms with E-state index in [2.05, 4.69) is 10.3 Å². The molecule has 1 N–H and O–H groups in total. The molecule has 0 unspecified atom stereocenters. The Labute approximate surface area is 123 Å². The molecule has 0 radical (unpaired) electrons. The highest BCUT2D eigenvalue weighted by molar-refractivity contribution is 6.19. The molecule has 0 aliphatic heterocycles. The average Bonchev–Trinajstić information content (AvgIpc) is 2.82. The Morgan fingerprint density at radius 1 is 1.38 bits per heavy atom. The van der Waals surface area contributed by atoms with Crippen LogP contribution in [-0.2, 0) is 4.79 Å². The number of carbonyl (C=O) groups excluding carboxylic acids is 2. The fraction of sp³-hybridized carbons (Fsp3) is 0.400. The number of anilines is 1. The molecular formula is C15H19N3O3. The summed E-state index contributed by atoms with van der Waals surface area (Å²) >= 11 is 0. The average molecular weight is 289 g/mol. The molecule has 2 aromatic heterocycles. The number of furan rings is 1. The van der Waals surface area contributed by atoms with Crippen LogP contribution in [-0.4, -0.2) is 23.5 Å². The van der Waals surface area contributed by atoms with Crippen LogP contribution in [0.15, 0.2) is 29.0 Å². The Balaban J connectivity index is 2.54. The van der Waals surface area contributed by atoms with Crippen LogP contribution in [0.25, 0.3) is 11.1 Å². The van der Waals surface area contributed by atoms with Crippen molar-refractivity contribution in [2.75, 3.05) is 11.4 Å². The molecule has 2 heterocycles. The molecule has 0 saturated heterocycles. The number of aromatic nitrogens is 1. The summed E-state index contributed by atoms with van der Waals surface area (Å²) < 4.78 is 5.34. The topological polar surface area (TPSA) is 75.4 Å². The number of pyridine rings is 1. The summed E-state index contributed by atoms with van der Waals surface area (Å²) in [6.07, 6.45) is 2.98. The van der Waals surface area contributed by atoms with Crippen LogP contribution in [0.5, 0.6) is 0 Å². The van der Waals surface area contributed by atoms with Crippen LogP contribution in [0.2, 0.25) is 0 Å². The summed E-state index contributed by atoms with van der Waals surface area (Å²) in [5.74, 6) is -0.306. The van der Waals surface area contributed by atoms with Crippen molar-refractivity contribution in [1.82, 2.24) is 10.3 Å². The lowest BCUT2D eigenvalue weighted by atomic mass is 9.94. The van der Waals surface area contributed by atoms with Gasteiger partial charge in [0.2, 0.25) is 11.6 Å². The quantitative estimate of drug-likeness (QED) is 0.922. The second kappa shape index (κ2) is 5.55. The van der Waals surface area contributed by atoms with E-state index in [1.54, 1.807) is 46.0 Å². The van der Waals surface area contributed by atoms with Crippen molar-refractivity contribution < 1.29 is 14.0 Å². The zero-order valence-corrected chi connectivity index (χ0v) is 12.6. The van der Waals surface area contributed by atoms with E-state index < -0.39 is 11.4 Å². The minimum atomic E-state index is -0.698. The lowest BCUT2D eigenvalue weighted by molar-refractivity contribution is -0.125. The number of imide groups is 1. The lowest BCUT2D eigenvalue weighted by Crippen LogP contribution is -2.48. The van der Waals surface area contributed by atoms with Gasteiger partial charge in [-0.2, -0.15) is 0 Å². The summed E-state index contributed by atoms with van der Waals surface area (Å²) in [6, 6.07) is 3.03. The molecule has 6 heteroatoms. The van der Waals surface area contributed by atoms with Crippen molar-refractivity contribution in [2.24, 2.45) is 5.41 Å². The highest BCUT2D eigenvalue weighted by Gasteiger charge is 2.34. The van der Waals surface area contributed by atoms with Gasteiger partial charge in [-0.1, -0.05) is 20.8 Å². The normalized spacial score (nSPS) is 11.4. The van der Waals surface area contributed by atoms with Crippen LogP contribution < -0.4 is 10.2 Å². The zero-order valence-electron chi connectivity index (χ0n) is 12.6. The first-order valence-electron chi connectivity index (χ1n) is 6.81. The van der Waals surface area contributed by atoms with Crippen LogP contribution in [0.3, 0.4) is 0 Å². The van der Waals surface area contributed by atoms with Crippen LogP contribution >= 0.6 is 0 Å². The predicted molar refractivity (Wildman–Crippen MR) is 80.0 cm³/mol. The van der Waals surface area contributed by atoms with E-state index in [0.29, 0.717) is 23.3 Å². The maximum absolute atomic E-state index is 12.6. The number of nitrogens with zero attached hydrogens (tertiary/aromatic N) is 2. The Morgan fingerprint density at radius 2 is 2.10 bits per heavy atom. The van der Waals surface area contributed by atoms with Gasteiger partial charge in [0.1, 0.15) is 12.0 Å². The molecule has 0 aliphatic carbocycles. The van der Waals surface area contributed by atoms with Gasteiger partial charge in [-0.25, -0.2) is 14.7 Å². The molecule has 0 aliphatic rings. The highest BCUT2D eigenvalue weighted by Crippen LogP contribution is 2.31. The van der Waals surface area contributed by atoms with Crippen molar-refractivity contribution in [2.45, 2.75) is 27.7 Å². The molecule has 2 aromatic rings. The van der Waals surface area contributed by atoms with Crippen molar-refractivity contribution in [3.05, 3.63) is 24.6 Å². The smallest absolute Gasteiger partial charge is 0.328 e. The predicted octanol–water partition coefficient (Wildman–Crippen LogP) is 2.94. The van der Waals surface area contributed by atoms with Gasteiger partial charge in [0.15, 0.2) is 0 Å². The molecule has 0 saturated carbocycles. The maximum atomic E-state index is 12.6. The number of carbonyl (C=O) groups is 2. The van der Waals surface area contributed by atoms with Gasteiger partial charge in [-0.05, 0) is 19.1 Å². The monoisotopic (exact) mass is 289 g/mol. The maximum Gasteiger partial charge on any atom is 0.328 e. The molecule has 2 rings (SSSR count). The molecule has 3 amide bonds. The SMILES string of the molecule is CCNC(=O)N(C(=O)C(C)(C)C)c1coc2ncccc12. The number of hydrogen-bond donors (Lipinski definition) is 1. The van der Waals surface area contributed by atoms with Crippen molar-refractivity contribution in [1.29, 1.82) is 0 Å². The zero-order chi connectivity index (χ0) is 15.6. The van der Waals surface area contributed by atoms with Gasteiger partial charge in [0.25, 0.3) is 0 Å². The van der Waals surface area contributed by atoms with E-state index in [-0.39, 0.29) is 5.91 Å². The number of fused-ring (bicyclic) bond motifs is 1. The van der Waals surface area contributed by atoms with E-state index in [4.69, 9.17) is 4.42 Å². The number of amides is 3. The van der Waals surface area contributed by atoms with Crippen LogP contribution in [0, 0.1) is 5.41 Å². The first-order chi connectivity index (χ1) is 9.86. The number of nitrogens with one attached hydrogen (secondary N) is 1. The third-order valence-electron chi connectivity index (χ3n) is 2.95. The summed E-state index contributed by atoms with van der Waals surface area (Å²) in [7, 11) is 0. The molecule has 0 fully saturated rings.